The van der Waals surface area contributed by atoms with Gasteiger partial charge >= 0.3 is 6.09 Å². The molecule has 0 saturated carbocycles. The van der Waals surface area contributed by atoms with E-state index in [-0.39, 0.29) is 16.9 Å². The average molecular weight is 511 g/mol. The van der Waals surface area contributed by atoms with Crippen molar-refractivity contribution in [1.82, 2.24) is 10.6 Å². The van der Waals surface area contributed by atoms with Crippen molar-refractivity contribution in [3.05, 3.63) is 70.8 Å². The number of alkyl carbamates (subject to hydrolysis) is 1. The number of rotatable bonds is 11. The highest BCUT2D eigenvalue weighted by atomic mass is 19.1. The van der Waals surface area contributed by atoms with Gasteiger partial charge < -0.3 is 15.4 Å². The van der Waals surface area contributed by atoms with Gasteiger partial charge in [-0.3, -0.25) is 0 Å². The maximum absolute atomic E-state index is 17.5. The molecule has 2 aromatic carbocycles. The molecule has 0 aromatic heterocycles. The predicted octanol–water partition coefficient (Wildman–Crippen LogP) is 7.53. The molecule has 1 heterocycles. The van der Waals surface area contributed by atoms with Crippen LogP contribution in [0.5, 0.6) is 0 Å². The first-order valence-electron chi connectivity index (χ1n) is 14.1. The Hall–Kier alpha value is -2.40. The molecule has 1 unspecified atom stereocenters. The largest absolute Gasteiger partial charge is 0.445 e. The van der Waals surface area contributed by atoms with Crippen molar-refractivity contribution in [1.29, 1.82) is 0 Å². The number of ether oxygens (including phenoxy) is 1. The summed E-state index contributed by atoms with van der Waals surface area (Å²) >= 11 is 0. The molecule has 2 N–H and O–H groups in total. The Morgan fingerprint density at radius 3 is 1.78 bits per heavy atom. The molecule has 0 spiro atoms. The van der Waals surface area contributed by atoms with Crippen molar-refractivity contribution >= 4 is 6.09 Å². The molecule has 1 aliphatic heterocycles. The van der Waals surface area contributed by atoms with Crippen molar-refractivity contribution in [2.75, 3.05) is 13.1 Å². The van der Waals surface area contributed by atoms with Gasteiger partial charge in [0.2, 0.25) is 0 Å². The Morgan fingerprint density at radius 2 is 1.35 bits per heavy atom. The van der Waals surface area contributed by atoms with Gasteiger partial charge in [-0.1, -0.05) is 103 Å². The van der Waals surface area contributed by atoms with Crippen molar-refractivity contribution in [2.45, 2.75) is 109 Å². The fourth-order valence-corrected chi connectivity index (χ4v) is 4.96. The molecule has 0 aliphatic carbocycles. The highest BCUT2D eigenvalue weighted by molar-refractivity contribution is 5.67. The molecule has 4 nitrogen and oxygen atoms in total. The number of unbranched alkanes of at least 4 members (excludes halogenated alkanes) is 1. The summed E-state index contributed by atoms with van der Waals surface area (Å²) in [5.74, 6) is 0. The van der Waals surface area contributed by atoms with E-state index in [1.165, 1.54) is 11.1 Å². The van der Waals surface area contributed by atoms with Crippen LogP contribution in [0.2, 0.25) is 0 Å². The maximum Gasteiger partial charge on any atom is 0.407 e. The van der Waals surface area contributed by atoms with E-state index in [0.717, 1.165) is 25.7 Å². The van der Waals surface area contributed by atoms with Crippen molar-refractivity contribution in [3.8, 4) is 0 Å². The van der Waals surface area contributed by atoms with Gasteiger partial charge in [0.15, 0.2) is 5.67 Å². The molecule has 0 radical (unpaired) electrons. The minimum absolute atomic E-state index is 0.0283. The standard InChI is InChI=1S/C32H47FN2O2/c1-8-11-20-34-29(36)37-27-21-28(35-22-27)32(33,25-16-12-23(13-17-25)30(4,5)9-2)26-18-14-24(15-19-26)31(6,7)10-3/h12-19,27-28,35H,8-11,20-22H2,1-7H3,(H,34,36)/t27-,28?/m1/s1. The summed E-state index contributed by atoms with van der Waals surface area (Å²) in [4.78, 5) is 12.2. The first-order valence-corrected chi connectivity index (χ1v) is 14.1. The van der Waals surface area contributed by atoms with E-state index in [1.807, 2.05) is 24.3 Å². The number of hydrogen-bond acceptors (Lipinski definition) is 3. The summed E-state index contributed by atoms with van der Waals surface area (Å²) in [6.07, 6.45) is 3.52. The summed E-state index contributed by atoms with van der Waals surface area (Å²) in [6, 6.07) is 15.5. The van der Waals surface area contributed by atoms with E-state index in [2.05, 4.69) is 83.4 Å². The molecule has 2 aromatic rings. The molecule has 37 heavy (non-hydrogen) atoms. The maximum atomic E-state index is 17.5. The molecule has 1 aliphatic rings. The molecule has 1 amide bonds. The number of halogens is 1. The molecule has 1 fully saturated rings. The quantitative estimate of drug-likeness (QED) is 0.307. The number of alkyl halides is 1. The highest BCUT2D eigenvalue weighted by Gasteiger charge is 2.47. The first-order chi connectivity index (χ1) is 17.5. The summed E-state index contributed by atoms with van der Waals surface area (Å²) in [7, 11) is 0. The minimum Gasteiger partial charge on any atom is -0.445 e. The van der Waals surface area contributed by atoms with Gasteiger partial charge in [0.25, 0.3) is 0 Å². The van der Waals surface area contributed by atoms with E-state index in [9.17, 15) is 4.79 Å². The Labute approximate surface area is 223 Å². The third-order valence-corrected chi connectivity index (χ3v) is 8.58. The monoisotopic (exact) mass is 510 g/mol. The van der Waals surface area contributed by atoms with Crippen LogP contribution >= 0.6 is 0 Å². The first kappa shape index (κ1) is 29.2. The Bertz CT molecular complexity index is 955. The van der Waals surface area contributed by atoms with Gasteiger partial charge in [-0.15, -0.1) is 0 Å². The number of carbonyl (C=O) groups is 1. The Balaban J connectivity index is 1.92. The second kappa shape index (κ2) is 12.0. The van der Waals surface area contributed by atoms with E-state index < -0.39 is 17.8 Å². The lowest BCUT2D eigenvalue weighted by atomic mass is 9.76. The SMILES string of the molecule is CCCCNC(=O)O[C@H]1CNC(C(F)(c2ccc(C(C)(C)CC)cc2)c2ccc(C(C)(C)CC)cc2)C1. The summed E-state index contributed by atoms with van der Waals surface area (Å²) in [5.41, 5.74) is 1.94. The van der Waals surface area contributed by atoms with Gasteiger partial charge in [-0.05, 0) is 52.3 Å². The van der Waals surface area contributed by atoms with Gasteiger partial charge in [0, 0.05) is 19.5 Å². The van der Waals surface area contributed by atoms with E-state index in [4.69, 9.17) is 4.74 Å². The molecule has 5 heteroatoms. The lowest BCUT2D eigenvalue weighted by Crippen LogP contribution is -2.43. The van der Waals surface area contributed by atoms with Crippen LogP contribution < -0.4 is 10.6 Å². The summed E-state index contributed by atoms with van der Waals surface area (Å²) in [5, 5.41) is 6.15. The Kier molecular flexibility index (Phi) is 9.44. The zero-order valence-electron chi connectivity index (χ0n) is 23.9. The van der Waals surface area contributed by atoms with Crippen LogP contribution in [-0.2, 0) is 21.2 Å². The van der Waals surface area contributed by atoms with Crippen LogP contribution in [0.15, 0.2) is 48.5 Å². The minimum atomic E-state index is -1.76. The van der Waals surface area contributed by atoms with Crippen LogP contribution in [0.3, 0.4) is 0 Å². The molecule has 0 bridgehead atoms. The highest BCUT2D eigenvalue weighted by Crippen LogP contribution is 2.42. The third kappa shape index (κ3) is 6.54. The molecule has 204 valence electrons. The molecule has 2 atom stereocenters. The number of nitrogens with one attached hydrogen (secondary N) is 2. The van der Waals surface area contributed by atoms with Crippen LogP contribution in [0.25, 0.3) is 0 Å². The third-order valence-electron chi connectivity index (χ3n) is 8.58. The number of hydrogen-bond donors (Lipinski definition) is 2. The predicted molar refractivity (Wildman–Crippen MR) is 151 cm³/mol. The van der Waals surface area contributed by atoms with Gasteiger partial charge in [0.05, 0.1) is 6.04 Å². The van der Waals surface area contributed by atoms with Crippen molar-refractivity contribution in [2.24, 2.45) is 0 Å². The second-order valence-electron chi connectivity index (χ2n) is 11.8. The molecule has 3 rings (SSSR count). The lowest BCUT2D eigenvalue weighted by molar-refractivity contribution is 0.0978. The average Bonchev–Trinajstić information content (AvgIpc) is 3.37. The topological polar surface area (TPSA) is 50.4 Å². The zero-order chi connectivity index (χ0) is 27.3. The fourth-order valence-electron chi connectivity index (χ4n) is 4.96. The number of carbonyl (C=O) groups excluding carboxylic acids is 1. The van der Waals surface area contributed by atoms with Gasteiger partial charge in [0.1, 0.15) is 6.10 Å². The molecular weight excluding hydrogens is 463 g/mol. The number of benzene rings is 2. The Morgan fingerprint density at radius 1 is 0.892 bits per heavy atom. The van der Waals surface area contributed by atoms with Crippen LogP contribution in [0, 0.1) is 0 Å². The smallest absolute Gasteiger partial charge is 0.407 e. The number of amides is 1. The summed E-state index contributed by atoms with van der Waals surface area (Å²) < 4.78 is 23.2. The molecular formula is C32H47FN2O2. The molecule has 1 saturated heterocycles. The van der Waals surface area contributed by atoms with Crippen LogP contribution in [0.4, 0.5) is 9.18 Å². The van der Waals surface area contributed by atoms with Crippen molar-refractivity contribution < 1.29 is 13.9 Å². The van der Waals surface area contributed by atoms with E-state index in [1.54, 1.807) is 0 Å². The lowest BCUT2D eigenvalue weighted by Gasteiger charge is -2.34. The fraction of sp³-hybridized carbons (Fsp3) is 0.594. The van der Waals surface area contributed by atoms with Gasteiger partial charge in [-0.25, -0.2) is 9.18 Å². The van der Waals surface area contributed by atoms with E-state index >= 15 is 4.39 Å². The van der Waals surface area contributed by atoms with Crippen LogP contribution in [-0.4, -0.2) is 31.3 Å². The van der Waals surface area contributed by atoms with Crippen LogP contribution in [0.1, 0.15) is 103 Å². The second-order valence-corrected chi connectivity index (χ2v) is 11.8. The normalized spacial score (nSPS) is 18.6. The van der Waals surface area contributed by atoms with Gasteiger partial charge in [-0.2, -0.15) is 0 Å². The summed E-state index contributed by atoms with van der Waals surface area (Å²) in [6.45, 7) is 16.3. The zero-order valence-corrected chi connectivity index (χ0v) is 23.9. The van der Waals surface area contributed by atoms with Crippen molar-refractivity contribution in [3.63, 3.8) is 0 Å². The van der Waals surface area contributed by atoms with E-state index in [0.29, 0.717) is 30.6 Å².